The molecule has 3 aromatic rings. The third-order valence-corrected chi connectivity index (χ3v) is 4.02. The van der Waals surface area contributed by atoms with Gasteiger partial charge in [-0.05, 0) is 49.4 Å². The van der Waals surface area contributed by atoms with E-state index in [4.69, 9.17) is 4.74 Å². The lowest BCUT2D eigenvalue weighted by atomic mass is 10.1. The van der Waals surface area contributed by atoms with Gasteiger partial charge in [-0.1, -0.05) is 35.9 Å². The Balaban J connectivity index is 1.75. The minimum absolute atomic E-state index is 0.221. The number of rotatable bonds is 5. The Morgan fingerprint density at radius 1 is 0.778 bits per heavy atom. The van der Waals surface area contributed by atoms with Gasteiger partial charge in [-0.2, -0.15) is 0 Å². The molecule has 0 fully saturated rings. The molecule has 2 N–H and O–H groups in total. The van der Waals surface area contributed by atoms with Crippen LogP contribution in [-0.2, 0) is 0 Å². The Kier molecular flexibility index (Phi) is 5.52. The van der Waals surface area contributed by atoms with Gasteiger partial charge < -0.3 is 15.4 Å². The molecule has 3 rings (SSSR count). The van der Waals surface area contributed by atoms with Crippen molar-refractivity contribution in [2.24, 2.45) is 0 Å². The minimum atomic E-state index is -0.286. The maximum atomic E-state index is 12.6. The van der Waals surface area contributed by atoms with Crippen molar-refractivity contribution in [2.45, 2.75) is 6.92 Å². The van der Waals surface area contributed by atoms with E-state index in [2.05, 4.69) is 10.6 Å². The summed E-state index contributed by atoms with van der Waals surface area (Å²) in [5.41, 5.74) is 3.14. The van der Waals surface area contributed by atoms with Crippen molar-refractivity contribution in [2.75, 3.05) is 17.7 Å². The van der Waals surface area contributed by atoms with Gasteiger partial charge in [0.25, 0.3) is 11.8 Å². The van der Waals surface area contributed by atoms with Crippen LogP contribution in [0.2, 0.25) is 0 Å². The summed E-state index contributed by atoms with van der Waals surface area (Å²) in [7, 11) is 1.55. The van der Waals surface area contributed by atoms with Gasteiger partial charge in [-0.15, -0.1) is 0 Å². The first-order chi connectivity index (χ1) is 13.1. The maximum absolute atomic E-state index is 12.6. The maximum Gasteiger partial charge on any atom is 0.255 e. The topological polar surface area (TPSA) is 67.4 Å². The molecule has 0 spiro atoms. The third-order valence-electron chi connectivity index (χ3n) is 4.02. The molecule has 2 amide bonds. The molecule has 0 saturated heterocycles. The van der Waals surface area contributed by atoms with E-state index in [1.165, 1.54) is 0 Å². The van der Waals surface area contributed by atoms with Crippen LogP contribution in [0.15, 0.2) is 72.8 Å². The predicted octanol–water partition coefficient (Wildman–Crippen LogP) is 4.51. The summed E-state index contributed by atoms with van der Waals surface area (Å²) in [6.07, 6.45) is 0. The second-order valence-electron chi connectivity index (χ2n) is 6.06. The van der Waals surface area contributed by atoms with Crippen molar-refractivity contribution in [3.8, 4) is 5.75 Å². The fourth-order valence-electron chi connectivity index (χ4n) is 2.67. The molecule has 0 aromatic heterocycles. The molecule has 0 aliphatic heterocycles. The zero-order valence-electron chi connectivity index (χ0n) is 15.2. The number of carbonyl (C=O) groups excluding carboxylic acids is 2. The van der Waals surface area contributed by atoms with Crippen LogP contribution in [0.4, 0.5) is 11.4 Å². The molecule has 0 bridgehead atoms. The zero-order chi connectivity index (χ0) is 19.2. The van der Waals surface area contributed by atoms with Gasteiger partial charge in [0.05, 0.1) is 12.8 Å². The molecule has 0 aliphatic rings. The fourth-order valence-corrected chi connectivity index (χ4v) is 2.67. The van der Waals surface area contributed by atoms with E-state index in [0.717, 1.165) is 5.56 Å². The van der Waals surface area contributed by atoms with Crippen molar-refractivity contribution in [3.63, 3.8) is 0 Å². The molecule has 5 heteroatoms. The third kappa shape index (κ3) is 4.52. The second-order valence-corrected chi connectivity index (χ2v) is 6.06. The number of amides is 2. The van der Waals surface area contributed by atoms with Gasteiger partial charge in [0.2, 0.25) is 0 Å². The van der Waals surface area contributed by atoms with Crippen LogP contribution in [0.5, 0.6) is 5.75 Å². The molecule has 0 heterocycles. The quantitative estimate of drug-likeness (QED) is 0.703. The molecule has 0 atom stereocenters. The summed E-state index contributed by atoms with van der Waals surface area (Å²) in [6.45, 7) is 1.93. The van der Waals surface area contributed by atoms with Crippen LogP contribution in [0.3, 0.4) is 0 Å². The van der Waals surface area contributed by atoms with Crippen molar-refractivity contribution in [1.29, 1.82) is 0 Å². The number of nitrogens with one attached hydrogen (secondary N) is 2. The van der Waals surface area contributed by atoms with Crippen LogP contribution in [0, 0.1) is 6.92 Å². The Morgan fingerprint density at radius 3 is 2.19 bits per heavy atom. The van der Waals surface area contributed by atoms with Gasteiger partial charge in [0, 0.05) is 16.8 Å². The molecular formula is C22H20N2O3. The summed E-state index contributed by atoms with van der Waals surface area (Å²) in [4.78, 5) is 24.9. The van der Waals surface area contributed by atoms with Crippen molar-refractivity contribution < 1.29 is 14.3 Å². The number of carbonyl (C=O) groups is 2. The number of aryl methyl sites for hydroxylation is 1. The van der Waals surface area contributed by atoms with E-state index in [-0.39, 0.29) is 11.8 Å². The van der Waals surface area contributed by atoms with Crippen LogP contribution in [-0.4, -0.2) is 18.9 Å². The fraction of sp³-hybridized carbons (Fsp3) is 0.0909. The molecule has 136 valence electrons. The van der Waals surface area contributed by atoms with Crippen molar-refractivity contribution >= 4 is 23.2 Å². The summed E-state index contributed by atoms with van der Waals surface area (Å²) in [5, 5.41) is 5.64. The van der Waals surface area contributed by atoms with Gasteiger partial charge in [0.1, 0.15) is 5.75 Å². The molecule has 27 heavy (non-hydrogen) atoms. The Hall–Kier alpha value is -3.60. The summed E-state index contributed by atoms with van der Waals surface area (Å²) in [6, 6.07) is 21.3. The van der Waals surface area contributed by atoms with Gasteiger partial charge >= 0.3 is 0 Å². The number of para-hydroxylation sites is 2. The number of anilines is 2. The molecule has 0 unspecified atom stereocenters. The van der Waals surface area contributed by atoms with Crippen molar-refractivity contribution in [1.82, 2.24) is 0 Å². The molecule has 3 aromatic carbocycles. The molecular weight excluding hydrogens is 340 g/mol. The highest BCUT2D eigenvalue weighted by atomic mass is 16.5. The SMILES string of the molecule is COc1ccccc1NC(=O)c1cccc(NC(=O)c2cccc(C)c2)c1. The van der Waals surface area contributed by atoms with Crippen molar-refractivity contribution in [3.05, 3.63) is 89.5 Å². The molecule has 0 aliphatic carbocycles. The second kappa shape index (κ2) is 8.19. The van der Waals surface area contributed by atoms with E-state index in [1.807, 2.05) is 37.3 Å². The van der Waals surface area contributed by atoms with Gasteiger partial charge in [0.15, 0.2) is 0 Å². The highest BCUT2D eigenvalue weighted by molar-refractivity contribution is 6.07. The van der Waals surface area contributed by atoms with E-state index >= 15 is 0 Å². The van der Waals surface area contributed by atoms with Gasteiger partial charge in [-0.3, -0.25) is 9.59 Å². The zero-order valence-corrected chi connectivity index (χ0v) is 15.2. The smallest absolute Gasteiger partial charge is 0.255 e. The summed E-state index contributed by atoms with van der Waals surface area (Å²) < 4.78 is 5.25. The average molecular weight is 360 g/mol. The van der Waals surface area contributed by atoms with E-state index in [1.54, 1.807) is 49.6 Å². The molecule has 0 radical (unpaired) electrons. The summed E-state index contributed by atoms with van der Waals surface area (Å²) in [5.74, 6) is 0.0712. The molecule has 5 nitrogen and oxygen atoms in total. The Labute approximate surface area is 158 Å². The summed E-state index contributed by atoms with van der Waals surface area (Å²) >= 11 is 0. The van der Waals surface area contributed by atoms with E-state index in [0.29, 0.717) is 28.3 Å². The first-order valence-corrected chi connectivity index (χ1v) is 8.49. The van der Waals surface area contributed by atoms with Crippen LogP contribution < -0.4 is 15.4 Å². The first kappa shape index (κ1) is 18.2. The van der Waals surface area contributed by atoms with Gasteiger partial charge in [-0.25, -0.2) is 0 Å². The van der Waals surface area contributed by atoms with Crippen LogP contribution >= 0.6 is 0 Å². The minimum Gasteiger partial charge on any atom is -0.495 e. The van der Waals surface area contributed by atoms with E-state index < -0.39 is 0 Å². The van der Waals surface area contributed by atoms with Crippen LogP contribution in [0.25, 0.3) is 0 Å². The lowest BCUT2D eigenvalue weighted by molar-refractivity contribution is 0.101. The van der Waals surface area contributed by atoms with Crippen LogP contribution in [0.1, 0.15) is 26.3 Å². The highest BCUT2D eigenvalue weighted by Gasteiger charge is 2.11. The number of methoxy groups -OCH3 is 1. The highest BCUT2D eigenvalue weighted by Crippen LogP contribution is 2.24. The Bertz CT molecular complexity index is 983. The predicted molar refractivity (Wildman–Crippen MR) is 107 cm³/mol. The largest absolute Gasteiger partial charge is 0.495 e. The lowest BCUT2D eigenvalue weighted by Crippen LogP contribution is -2.15. The Morgan fingerprint density at radius 2 is 1.44 bits per heavy atom. The monoisotopic (exact) mass is 360 g/mol. The number of benzene rings is 3. The lowest BCUT2D eigenvalue weighted by Gasteiger charge is -2.11. The first-order valence-electron chi connectivity index (χ1n) is 8.49. The average Bonchev–Trinajstić information content (AvgIpc) is 2.68. The normalized spacial score (nSPS) is 10.1. The number of hydrogen-bond acceptors (Lipinski definition) is 3. The van der Waals surface area contributed by atoms with E-state index in [9.17, 15) is 9.59 Å². The number of hydrogen-bond donors (Lipinski definition) is 2. The number of ether oxygens (including phenoxy) is 1. The molecule has 0 saturated carbocycles. The standard InChI is InChI=1S/C22H20N2O3/c1-15-7-5-8-16(13-15)21(25)23-18-10-6-9-17(14-18)22(26)24-19-11-3-4-12-20(19)27-2/h3-14H,1-2H3,(H,23,25)(H,24,26).